The van der Waals surface area contributed by atoms with Crippen LogP contribution in [0.2, 0.25) is 0 Å². The Morgan fingerprint density at radius 3 is 2.53 bits per heavy atom. The van der Waals surface area contributed by atoms with Crippen molar-refractivity contribution in [2.24, 2.45) is 0 Å². The molecule has 0 fully saturated rings. The number of para-hydroxylation sites is 1. The molecule has 2 N–H and O–H groups in total. The second-order valence-corrected chi connectivity index (χ2v) is 8.42. The molecule has 0 unspecified atom stereocenters. The van der Waals surface area contributed by atoms with Crippen molar-refractivity contribution in [1.29, 1.82) is 0 Å². The molecule has 0 aliphatic rings. The summed E-state index contributed by atoms with van der Waals surface area (Å²) in [6.07, 6.45) is 5.81. The fourth-order valence-electron chi connectivity index (χ4n) is 3.77. The lowest BCUT2D eigenvalue weighted by molar-refractivity contribution is 0.403. The van der Waals surface area contributed by atoms with Crippen molar-refractivity contribution in [3.05, 3.63) is 83.8 Å². The van der Waals surface area contributed by atoms with Gasteiger partial charge in [-0.2, -0.15) is 0 Å². The van der Waals surface area contributed by atoms with Gasteiger partial charge in [-0.25, -0.2) is 0 Å². The lowest BCUT2D eigenvalue weighted by Crippen LogP contribution is -2.16. The van der Waals surface area contributed by atoms with E-state index in [1.807, 2.05) is 43.8 Å². The first-order valence-electron chi connectivity index (χ1n) is 10.9. The summed E-state index contributed by atoms with van der Waals surface area (Å²) in [5.41, 5.74) is 7.75. The van der Waals surface area contributed by atoms with Crippen LogP contribution < -0.4 is 15.4 Å². The van der Waals surface area contributed by atoms with Crippen molar-refractivity contribution in [1.82, 2.24) is 15.2 Å². The van der Waals surface area contributed by atoms with Crippen molar-refractivity contribution in [2.45, 2.75) is 26.4 Å². The number of hydrogen-bond acceptors (Lipinski definition) is 5. The summed E-state index contributed by atoms with van der Waals surface area (Å²) in [5.74, 6) is 0.830. The van der Waals surface area contributed by atoms with Crippen LogP contribution in [0.15, 0.2) is 67.1 Å². The summed E-state index contributed by atoms with van der Waals surface area (Å²) in [5, 5.41) is 6.74. The highest BCUT2D eigenvalue weighted by Crippen LogP contribution is 2.33. The molecule has 5 heteroatoms. The maximum Gasteiger partial charge on any atom is 0.126 e. The number of nitrogens with zero attached hydrogens (tertiary/aromatic N) is 2. The summed E-state index contributed by atoms with van der Waals surface area (Å²) >= 11 is 0. The fraction of sp³-hybridized carbons (Fsp3) is 0.296. The minimum atomic E-state index is 0.377. The predicted molar refractivity (Wildman–Crippen MR) is 135 cm³/mol. The average molecular weight is 431 g/mol. The number of hydrogen-bond donors (Lipinski definition) is 2. The van der Waals surface area contributed by atoms with Crippen LogP contribution in [0.5, 0.6) is 5.75 Å². The predicted octanol–water partition coefficient (Wildman–Crippen LogP) is 5.25. The third-order valence-electron chi connectivity index (χ3n) is 5.10. The molecule has 0 amide bonds. The molecule has 0 radical (unpaired) electrons. The van der Waals surface area contributed by atoms with Gasteiger partial charge in [-0.05, 0) is 63.3 Å². The molecular formula is C27H34N4O. The first kappa shape index (κ1) is 23.4. The number of methoxy groups -OCH3 is 1. The Hall–Kier alpha value is -3.31. The number of ether oxygens (including phenoxy) is 1. The normalized spacial score (nSPS) is 11.7. The number of nitrogens with one attached hydrogen (secondary N) is 2. The highest BCUT2D eigenvalue weighted by atomic mass is 16.5. The van der Waals surface area contributed by atoms with E-state index in [4.69, 9.17) is 4.74 Å². The first-order valence-corrected chi connectivity index (χ1v) is 10.9. The Morgan fingerprint density at radius 1 is 1.06 bits per heavy atom. The molecular weight excluding hydrogens is 396 g/mol. The van der Waals surface area contributed by atoms with Gasteiger partial charge in [-0.3, -0.25) is 4.98 Å². The number of rotatable bonds is 9. The minimum absolute atomic E-state index is 0.377. The number of aromatic nitrogens is 1. The van der Waals surface area contributed by atoms with E-state index in [-0.39, 0.29) is 0 Å². The molecule has 0 saturated heterocycles. The molecule has 0 spiro atoms. The van der Waals surface area contributed by atoms with Crippen LogP contribution in [0.25, 0.3) is 16.7 Å². The largest absolute Gasteiger partial charge is 0.496 e. The number of anilines is 1. The Kier molecular flexibility index (Phi) is 7.90. The van der Waals surface area contributed by atoms with Gasteiger partial charge in [0.05, 0.1) is 7.11 Å². The van der Waals surface area contributed by atoms with Crippen LogP contribution in [0.1, 0.15) is 30.5 Å². The van der Waals surface area contributed by atoms with Crippen LogP contribution in [0, 0.1) is 0 Å². The van der Waals surface area contributed by atoms with Crippen LogP contribution in [-0.4, -0.2) is 44.2 Å². The van der Waals surface area contributed by atoms with Gasteiger partial charge in [0.25, 0.3) is 0 Å². The van der Waals surface area contributed by atoms with Crippen molar-refractivity contribution < 1.29 is 4.74 Å². The van der Waals surface area contributed by atoms with E-state index < -0.39 is 0 Å². The summed E-state index contributed by atoms with van der Waals surface area (Å²) in [4.78, 5) is 6.76. The van der Waals surface area contributed by atoms with E-state index in [0.29, 0.717) is 6.04 Å². The third-order valence-corrected chi connectivity index (χ3v) is 5.10. The van der Waals surface area contributed by atoms with E-state index in [2.05, 4.69) is 78.8 Å². The molecule has 168 valence electrons. The molecule has 0 saturated carbocycles. The summed E-state index contributed by atoms with van der Waals surface area (Å²) in [6, 6.07) is 17.2. The zero-order valence-electron chi connectivity index (χ0n) is 19.9. The molecule has 32 heavy (non-hydrogen) atoms. The van der Waals surface area contributed by atoms with E-state index in [9.17, 15) is 0 Å². The maximum absolute atomic E-state index is 5.61. The highest BCUT2D eigenvalue weighted by Gasteiger charge is 2.13. The van der Waals surface area contributed by atoms with Crippen molar-refractivity contribution >= 4 is 11.3 Å². The minimum Gasteiger partial charge on any atom is -0.496 e. The van der Waals surface area contributed by atoms with Crippen LogP contribution in [-0.2, 0) is 6.54 Å². The van der Waals surface area contributed by atoms with Gasteiger partial charge in [0.2, 0.25) is 0 Å². The monoisotopic (exact) mass is 430 g/mol. The fourth-order valence-corrected chi connectivity index (χ4v) is 3.77. The lowest BCUT2D eigenvalue weighted by atomic mass is 9.96. The van der Waals surface area contributed by atoms with Gasteiger partial charge in [0, 0.05) is 66.2 Å². The Balaban J connectivity index is 2.05. The smallest absolute Gasteiger partial charge is 0.126 e. The summed E-state index contributed by atoms with van der Waals surface area (Å²) < 4.78 is 5.61. The Labute approximate surface area is 192 Å². The quantitative estimate of drug-likeness (QED) is 0.486. The van der Waals surface area contributed by atoms with Gasteiger partial charge in [-0.1, -0.05) is 24.3 Å². The standard InChI is InChI=1S/C27H34N4O/c1-19(2)30-26-12-11-20(13-23(26)18-31(4)5)21-14-22(16-29-15-21)25(17-28-3)24-9-7-8-10-27(24)32-6/h7-17,19,28,30H,18H2,1-6H3/b25-17+. The van der Waals surface area contributed by atoms with Crippen molar-refractivity contribution in [2.75, 3.05) is 33.6 Å². The molecule has 2 aromatic carbocycles. The van der Waals surface area contributed by atoms with E-state index in [0.717, 1.165) is 40.1 Å². The van der Waals surface area contributed by atoms with Crippen LogP contribution in [0.3, 0.4) is 0 Å². The molecule has 0 atom stereocenters. The van der Waals surface area contributed by atoms with Gasteiger partial charge < -0.3 is 20.3 Å². The van der Waals surface area contributed by atoms with Gasteiger partial charge in [-0.15, -0.1) is 0 Å². The van der Waals surface area contributed by atoms with Crippen LogP contribution in [0.4, 0.5) is 5.69 Å². The van der Waals surface area contributed by atoms with Crippen LogP contribution >= 0.6 is 0 Å². The third kappa shape index (κ3) is 5.68. The number of pyridine rings is 1. The zero-order chi connectivity index (χ0) is 23.1. The average Bonchev–Trinajstić information content (AvgIpc) is 2.78. The molecule has 1 heterocycles. The lowest BCUT2D eigenvalue weighted by Gasteiger charge is -2.19. The molecule has 0 aliphatic carbocycles. The van der Waals surface area contributed by atoms with Crippen molar-refractivity contribution in [3.63, 3.8) is 0 Å². The number of benzene rings is 2. The summed E-state index contributed by atoms with van der Waals surface area (Å²) in [7, 11) is 7.79. The van der Waals surface area contributed by atoms with Crippen molar-refractivity contribution in [3.8, 4) is 16.9 Å². The molecule has 1 aromatic heterocycles. The molecule has 0 aliphatic heterocycles. The van der Waals surface area contributed by atoms with E-state index >= 15 is 0 Å². The van der Waals surface area contributed by atoms with E-state index in [1.165, 1.54) is 11.3 Å². The van der Waals surface area contributed by atoms with Gasteiger partial charge >= 0.3 is 0 Å². The van der Waals surface area contributed by atoms with Gasteiger partial charge in [0.15, 0.2) is 0 Å². The van der Waals surface area contributed by atoms with Gasteiger partial charge in [0.1, 0.15) is 5.75 Å². The Bertz CT molecular complexity index is 1070. The SMILES string of the molecule is CN/C=C(\c1cncc(-c2ccc(NC(C)C)c(CN(C)C)c2)c1)c1ccccc1OC. The topological polar surface area (TPSA) is 49.4 Å². The molecule has 0 bridgehead atoms. The Morgan fingerprint density at radius 2 is 1.84 bits per heavy atom. The second kappa shape index (κ2) is 10.8. The highest BCUT2D eigenvalue weighted by molar-refractivity contribution is 5.84. The molecule has 3 aromatic rings. The molecule has 3 rings (SSSR count). The molecule has 5 nitrogen and oxygen atoms in total. The van der Waals surface area contributed by atoms with E-state index in [1.54, 1.807) is 7.11 Å². The maximum atomic E-state index is 5.61. The second-order valence-electron chi connectivity index (χ2n) is 8.42. The summed E-state index contributed by atoms with van der Waals surface area (Å²) in [6.45, 7) is 5.19. The zero-order valence-corrected chi connectivity index (χ0v) is 19.9. The first-order chi connectivity index (χ1) is 15.4.